The molecule has 0 saturated carbocycles. The molecular weight excluding hydrogens is 272 g/mol. The van der Waals surface area contributed by atoms with Crippen LogP contribution in [0.1, 0.15) is 26.7 Å². The van der Waals surface area contributed by atoms with Crippen LogP contribution in [0.4, 0.5) is 17.3 Å². The molecule has 0 unspecified atom stereocenters. The Kier molecular flexibility index (Phi) is 6.87. The summed E-state index contributed by atoms with van der Waals surface area (Å²) in [5.41, 5.74) is 0.0396. The van der Waals surface area contributed by atoms with E-state index < -0.39 is 4.92 Å². The lowest BCUT2D eigenvalue weighted by atomic mass is 10.1. The summed E-state index contributed by atoms with van der Waals surface area (Å²) in [6.45, 7) is 5.41. The second-order valence-corrected chi connectivity index (χ2v) is 4.73. The van der Waals surface area contributed by atoms with Crippen molar-refractivity contribution in [3.8, 4) is 0 Å². The van der Waals surface area contributed by atoms with Crippen molar-refractivity contribution in [2.45, 2.75) is 32.7 Å². The van der Waals surface area contributed by atoms with Gasteiger partial charge in [-0.15, -0.1) is 0 Å². The van der Waals surface area contributed by atoms with Crippen LogP contribution in [0.5, 0.6) is 0 Å². The molecule has 0 aromatic carbocycles. The number of rotatable bonds is 9. The maximum atomic E-state index is 11.1. The minimum absolute atomic E-state index is 0.0396. The molecule has 0 saturated heterocycles. The van der Waals surface area contributed by atoms with Crippen LogP contribution >= 0.6 is 0 Å². The van der Waals surface area contributed by atoms with Crippen molar-refractivity contribution in [2.24, 2.45) is 0 Å². The quantitative estimate of drug-likeness (QED) is 0.557. The third-order valence-electron chi connectivity index (χ3n) is 3.48. The SMILES string of the molecule is CCC(CC)N(CCOC)c1cc([N+](=O)[O-])cc(NC)n1. The van der Waals surface area contributed by atoms with E-state index in [1.165, 1.54) is 12.1 Å². The van der Waals surface area contributed by atoms with Gasteiger partial charge in [0.15, 0.2) is 0 Å². The minimum Gasteiger partial charge on any atom is -0.383 e. The monoisotopic (exact) mass is 296 g/mol. The first kappa shape index (κ1) is 17.2. The van der Waals surface area contributed by atoms with Crippen molar-refractivity contribution >= 4 is 17.3 Å². The fourth-order valence-electron chi connectivity index (χ4n) is 2.29. The van der Waals surface area contributed by atoms with E-state index in [-0.39, 0.29) is 11.7 Å². The van der Waals surface area contributed by atoms with E-state index in [1.54, 1.807) is 14.2 Å². The van der Waals surface area contributed by atoms with Gasteiger partial charge in [-0.05, 0) is 12.8 Å². The Balaban J connectivity index is 3.21. The Hall–Kier alpha value is -1.89. The van der Waals surface area contributed by atoms with Crippen molar-refractivity contribution in [1.29, 1.82) is 0 Å². The van der Waals surface area contributed by atoms with Gasteiger partial charge in [-0.1, -0.05) is 13.8 Å². The molecule has 0 aliphatic rings. The summed E-state index contributed by atoms with van der Waals surface area (Å²) in [5.74, 6) is 1.10. The highest BCUT2D eigenvalue weighted by atomic mass is 16.6. The van der Waals surface area contributed by atoms with E-state index in [2.05, 4.69) is 29.0 Å². The fraction of sp³-hybridized carbons (Fsp3) is 0.643. The molecule has 0 aliphatic heterocycles. The van der Waals surface area contributed by atoms with E-state index in [9.17, 15) is 10.1 Å². The van der Waals surface area contributed by atoms with Gasteiger partial charge in [0.25, 0.3) is 5.69 Å². The Morgan fingerprint density at radius 2 is 2.10 bits per heavy atom. The molecule has 7 nitrogen and oxygen atoms in total. The molecule has 0 atom stereocenters. The molecule has 0 spiro atoms. The average Bonchev–Trinajstić information content (AvgIpc) is 2.50. The zero-order valence-electron chi connectivity index (χ0n) is 13.1. The summed E-state index contributed by atoms with van der Waals surface area (Å²) in [5, 5.41) is 13.9. The molecule has 7 heteroatoms. The fourth-order valence-corrected chi connectivity index (χ4v) is 2.29. The molecule has 21 heavy (non-hydrogen) atoms. The molecular formula is C14H24N4O3. The van der Waals surface area contributed by atoms with Crippen molar-refractivity contribution in [3.63, 3.8) is 0 Å². The number of hydrogen-bond donors (Lipinski definition) is 1. The zero-order valence-corrected chi connectivity index (χ0v) is 13.1. The van der Waals surface area contributed by atoms with E-state index >= 15 is 0 Å². The Labute approximate surface area is 125 Å². The first-order chi connectivity index (χ1) is 10.1. The first-order valence-electron chi connectivity index (χ1n) is 7.17. The lowest BCUT2D eigenvalue weighted by Gasteiger charge is -2.31. The molecule has 0 fully saturated rings. The first-order valence-corrected chi connectivity index (χ1v) is 7.17. The van der Waals surface area contributed by atoms with Gasteiger partial charge in [0.1, 0.15) is 11.6 Å². The van der Waals surface area contributed by atoms with Gasteiger partial charge in [0.2, 0.25) is 0 Å². The normalized spacial score (nSPS) is 10.7. The molecule has 0 radical (unpaired) electrons. The van der Waals surface area contributed by atoms with Crippen LogP contribution in [0.3, 0.4) is 0 Å². The topological polar surface area (TPSA) is 80.5 Å². The standard InChI is InChI=1S/C14H24N4O3/c1-5-11(6-2)17(7-8-21-4)14-10-12(18(19)20)9-13(15-3)16-14/h9-11H,5-8H2,1-4H3,(H,15,16). The molecule has 1 N–H and O–H groups in total. The molecule has 1 aromatic heterocycles. The van der Waals surface area contributed by atoms with Crippen molar-refractivity contribution < 1.29 is 9.66 Å². The smallest absolute Gasteiger partial charge is 0.276 e. The number of nitro groups is 1. The van der Waals surface area contributed by atoms with Gasteiger partial charge < -0.3 is 15.0 Å². The lowest BCUT2D eigenvalue weighted by Crippen LogP contribution is -2.37. The summed E-state index contributed by atoms with van der Waals surface area (Å²) in [6.07, 6.45) is 1.89. The second kappa shape index (κ2) is 8.41. The van der Waals surface area contributed by atoms with Gasteiger partial charge >= 0.3 is 0 Å². The highest BCUT2D eigenvalue weighted by molar-refractivity contribution is 5.56. The Bertz CT molecular complexity index is 464. The maximum Gasteiger partial charge on any atom is 0.276 e. The third kappa shape index (κ3) is 4.56. The van der Waals surface area contributed by atoms with Gasteiger partial charge in [0.05, 0.1) is 23.7 Å². The summed E-state index contributed by atoms with van der Waals surface area (Å²) in [7, 11) is 3.34. The highest BCUT2D eigenvalue weighted by Crippen LogP contribution is 2.26. The summed E-state index contributed by atoms with van der Waals surface area (Å²) < 4.78 is 5.15. The number of ether oxygens (including phenoxy) is 1. The number of pyridine rings is 1. The largest absolute Gasteiger partial charge is 0.383 e. The Morgan fingerprint density at radius 3 is 2.57 bits per heavy atom. The lowest BCUT2D eigenvalue weighted by molar-refractivity contribution is -0.384. The van der Waals surface area contributed by atoms with E-state index in [1.807, 2.05) is 0 Å². The molecule has 1 heterocycles. The number of methoxy groups -OCH3 is 1. The average molecular weight is 296 g/mol. The van der Waals surface area contributed by atoms with E-state index in [4.69, 9.17) is 4.74 Å². The van der Waals surface area contributed by atoms with Crippen LogP contribution < -0.4 is 10.2 Å². The maximum absolute atomic E-state index is 11.1. The number of nitrogens with one attached hydrogen (secondary N) is 1. The molecule has 1 aromatic rings. The van der Waals surface area contributed by atoms with Crippen LogP contribution in [0.2, 0.25) is 0 Å². The summed E-state index contributed by atoms with van der Waals surface area (Å²) in [4.78, 5) is 17.2. The van der Waals surface area contributed by atoms with Crippen LogP contribution in [-0.4, -0.2) is 43.3 Å². The van der Waals surface area contributed by atoms with E-state index in [0.29, 0.717) is 24.8 Å². The second-order valence-electron chi connectivity index (χ2n) is 4.73. The van der Waals surface area contributed by atoms with Gasteiger partial charge in [-0.25, -0.2) is 4.98 Å². The predicted molar refractivity (Wildman–Crippen MR) is 84.0 cm³/mol. The van der Waals surface area contributed by atoms with Crippen LogP contribution in [-0.2, 0) is 4.74 Å². The molecule has 0 aliphatic carbocycles. The van der Waals surface area contributed by atoms with E-state index in [0.717, 1.165) is 12.8 Å². The van der Waals surface area contributed by atoms with Gasteiger partial charge in [-0.3, -0.25) is 10.1 Å². The highest BCUT2D eigenvalue weighted by Gasteiger charge is 2.20. The number of hydrogen-bond acceptors (Lipinski definition) is 6. The van der Waals surface area contributed by atoms with Crippen molar-refractivity contribution in [1.82, 2.24) is 4.98 Å². The number of aromatic nitrogens is 1. The molecule has 0 bridgehead atoms. The molecule has 118 valence electrons. The minimum atomic E-state index is -0.395. The van der Waals surface area contributed by atoms with Crippen molar-refractivity contribution in [3.05, 3.63) is 22.2 Å². The summed E-state index contributed by atoms with van der Waals surface area (Å²) >= 11 is 0. The van der Waals surface area contributed by atoms with Gasteiger partial charge in [-0.2, -0.15) is 0 Å². The zero-order chi connectivity index (χ0) is 15.8. The third-order valence-corrected chi connectivity index (χ3v) is 3.48. The van der Waals surface area contributed by atoms with Gasteiger partial charge in [0, 0.05) is 26.7 Å². The molecule has 1 rings (SSSR count). The Morgan fingerprint density at radius 1 is 1.43 bits per heavy atom. The van der Waals surface area contributed by atoms with Crippen LogP contribution in [0.25, 0.3) is 0 Å². The van der Waals surface area contributed by atoms with Crippen molar-refractivity contribution in [2.75, 3.05) is 37.5 Å². The van der Waals surface area contributed by atoms with Crippen LogP contribution in [0.15, 0.2) is 12.1 Å². The molecule has 0 amide bonds. The number of nitrogens with zero attached hydrogens (tertiary/aromatic N) is 3. The summed E-state index contributed by atoms with van der Waals surface area (Å²) in [6, 6.07) is 3.24. The predicted octanol–water partition coefficient (Wildman–Crippen LogP) is 2.67. The number of anilines is 2. The van der Waals surface area contributed by atoms with Crippen LogP contribution in [0, 0.1) is 10.1 Å².